The minimum absolute atomic E-state index is 0. The van der Waals surface area contributed by atoms with Crippen molar-refractivity contribution in [3.05, 3.63) is 60.2 Å². The summed E-state index contributed by atoms with van der Waals surface area (Å²) in [5.74, 6) is 8.60. The molecule has 7 heteroatoms. The normalized spacial score (nSPS) is 42.0. The summed E-state index contributed by atoms with van der Waals surface area (Å²) in [5, 5.41) is 18.9. The third-order valence-corrected chi connectivity index (χ3v) is 20.6. The minimum atomic E-state index is -0.0190. The maximum atomic E-state index is 9.43. The molecule has 9 aliphatic carbocycles. The monoisotopic (exact) mass is 997 g/mol. The highest BCUT2D eigenvalue weighted by molar-refractivity contribution is 5.16. The van der Waals surface area contributed by atoms with Crippen molar-refractivity contribution in [2.75, 3.05) is 0 Å². The van der Waals surface area contributed by atoms with Gasteiger partial charge >= 0.3 is 0 Å². The van der Waals surface area contributed by atoms with E-state index in [0.29, 0.717) is 48.8 Å². The molecule has 1 aromatic carbocycles. The summed E-state index contributed by atoms with van der Waals surface area (Å²) in [6.07, 6.45) is 62.9. The fraction of sp³-hybridized carbons (Fsp3) is 0.846. The van der Waals surface area contributed by atoms with Crippen LogP contribution in [0.25, 0.3) is 0 Å². The predicted octanol–water partition coefficient (Wildman–Crippen LogP) is 14.6. The van der Waals surface area contributed by atoms with Crippen LogP contribution in [-0.2, 0) is 25.4 Å². The van der Waals surface area contributed by atoms with Gasteiger partial charge in [-0.05, 0) is 258 Å². The number of rotatable bonds is 10. The molecule has 11 fully saturated rings. The van der Waals surface area contributed by atoms with Gasteiger partial charge in [0.05, 0.1) is 61.0 Å². The lowest BCUT2D eigenvalue weighted by atomic mass is 9.76. The van der Waals surface area contributed by atoms with E-state index in [1.807, 2.05) is 0 Å². The summed E-state index contributed by atoms with van der Waals surface area (Å²) in [4.78, 5) is 0. The topological polar surface area (TPSA) is 122 Å². The summed E-state index contributed by atoms with van der Waals surface area (Å²) in [6, 6.07) is 10.8. The second kappa shape index (κ2) is 28.2. The quantitative estimate of drug-likeness (QED) is 0.178. The molecule has 0 radical (unpaired) electrons. The Morgan fingerprint density at radius 1 is 0.333 bits per heavy atom. The summed E-state index contributed by atoms with van der Waals surface area (Å²) in [6.45, 7) is 0. The molecule has 0 bridgehead atoms. The van der Waals surface area contributed by atoms with Crippen LogP contribution in [0.15, 0.2) is 54.6 Å². The number of epoxide rings is 4. The average Bonchev–Trinajstić information content (AvgIpc) is 4.20. The van der Waals surface area contributed by atoms with Gasteiger partial charge < -0.3 is 34.6 Å². The standard InChI is InChI=1S/C13H20O2.C13H24O2.C13H22O.C13H16O.C13H20.H2O/c1-3-10-12(14-10)6-8(1)5-9-2-4-11-13(7-9)15-11;14-12-5-1-10(2-6-12)9-11-3-7-13(15)8-4-11;2*1-2-4-10(5-3-1)8-11-6-7-12-13(9-11)14-12;1-3-7-12(8-4-1)11-13-9-5-2-6-10-13;/h8-13H,1-7H2;10-15H,1-9H2;10-13H,1-9H2;1-5,11-13H,6-9H2;1-3,5,12-13H,4,6-11H2;1H2. The lowest BCUT2D eigenvalue weighted by molar-refractivity contribution is 0.0803. The van der Waals surface area contributed by atoms with Crippen molar-refractivity contribution in [2.24, 2.45) is 53.3 Å². The van der Waals surface area contributed by atoms with Crippen LogP contribution in [0.1, 0.15) is 230 Å². The molecule has 7 nitrogen and oxygen atoms in total. The van der Waals surface area contributed by atoms with E-state index >= 15 is 0 Å². The molecule has 13 aliphatic rings. The number of benzene rings is 1. The predicted molar refractivity (Wildman–Crippen MR) is 292 cm³/mol. The number of aliphatic hydroxyl groups is 2. The number of hydrogen-bond acceptors (Lipinski definition) is 6. The van der Waals surface area contributed by atoms with Crippen molar-refractivity contribution in [3.8, 4) is 0 Å². The third kappa shape index (κ3) is 18.3. The molecule has 406 valence electrons. The average molecular weight is 998 g/mol. The van der Waals surface area contributed by atoms with Gasteiger partial charge in [-0.2, -0.15) is 0 Å². The van der Waals surface area contributed by atoms with Crippen molar-refractivity contribution in [1.29, 1.82) is 0 Å². The van der Waals surface area contributed by atoms with E-state index in [9.17, 15) is 10.2 Å². The largest absolute Gasteiger partial charge is 0.412 e. The molecule has 4 saturated heterocycles. The smallest absolute Gasteiger partial charge is 0.0844 e. The van der Waals surface area contributed by atoms with E-state index in [0.717, 1.165) is 78.9 Å². The number of hydrogen-bond donors (Lipinski definition) is 2. The van der Waals surface area contributed by atoms with Crippen LogP contribution in [0.4, 0.5) is 0 Å². The zero-order valence-corrected chi connectivity index (χ0v) is 45.1. The molecule has 1 aromatic rings. The zero-order chi connectivity index (χ0) is 48.2. The Morgan fingerprint density at radius 2 is 0.694 bits per heavy atom. The van der Waals surface area contributed by atoms with E-state index in [2.05, 4.69) is 54.6 Å². The van der Waals surface area contributed by atoms with Crippen molar-refractivity contribution in [1.82, 2.24) is 0 Å². The molecule has 72 heavy (non-hydrogen) atoms. The molecule has 4 heterocycles. The summed E-state index contributed by atoms with van der Waals surface area (Å²) in [7, 11) is 0. The van der Waals surface area contributed by atoms with Gasteiger partial charge in [-0.15, -0.1) is 0 Å². The molecule has 7 saturated carbocycles. The lowest BCUT2D eigenvalue weighted by Crippen LogP contribution is -2.23. The first kappa shape index (κ1) is 55.2. The number of aliphatic hydroxyl groups excluding tert-OH is 2. The fourth-order valence-electron chi connectivity index (χ4n) is 15.9. The van der Waals surface area contributed by atoms with Gasteiger partial charge in [-0.3, -0.25) is 0 Å². The Bertz CT molecular complexity index is 1660. The van der Waals surface area contributed by atoms with Crippen LogP contribution in [-0.4, -0.2) is 76.7 Å². The number of allylic oxidation sites excluding steroid dienone is 4. The first-order valence-electron chi connectivity index (χ1n) is 31.2. The van der Waals surface area contributed by atoms with Crippen LogP contribution in [0, 0.1) is 53.3 Å². The molecule has 4 aliphatic heterocycles. The second-order valence-corrected chi connectivity index (χ2v) is 26.4. The van der Waals surface area contributed by atoms with Gasteiger partial charge in [0.2, 0.25) is 0 Å². The molecule has 14 atom stereocenters. The lowest BCUT2D eigenvalue weighted by Gasteiger charge is -2.31. The van der Waals surface area contributed by atoms with Gasteiger partial charge in [0, 0.05) is 0 Å². The first-order valence-corrected chi connectivity index (χ1v) is 31.2. The second-order valence-electron chi connectivity index (χ2n) is 26.4. The summed E-state index contributed by atoms with van der Waals surface area (Å²) >= 11 is 0. The van der Waals surface area contributed by atoms with Gasteiger partial charge in [0.1, 0.15) is 0 Å². The highest BCUT2D eigenvalue weighted by atomic mass is 16.6. The summed E-state index contributed by atoms with van der Waals surface area (Å²) < 4.78 is 22.3. The fourth-order valence-corrected chi connectivity index (χ4v) is 15.9. The van der Waals surface area contributed by atoms with E-state index in [1.165, 1.54) is 211 Å². The highest BCUT2D eigenvalue weighted by Gasteiger charge is 2.48. The van der Waals surface area contributed by atoms with E-state index in [-0.39, 0.29) is 17.7 Å². The molecule has 14 rings (SSSR count). The maximum absolute atomic E-state index is 9.43. The van der Waals surface area contributed by atoms with Gasteiger partial charge in [0.15, 0.2) is 0 Å². The van der Waals surface area contributed by atoms with E-state index in [1.54, 1.807) is 0 Å². The first-order chi connectivity index (χ1) is 34.9. The van der Waals surface area contributed by atoms with Gasteiger partial charge in [-0.25, -0.2) is 0 Å². The Morgan fingerprint density at radius 3 is 1.11 bits per heavy atom. The molecule has 14 unspecified atom stereocenters. The van der Waals surface area contributed by atoms with E-state index in [4.69, 9.17) is 18.9 Å². The van der Waals surface area contributed by atoms with Crippen LogP contribution >= 0.6 is 0 Å². The van der Waals surface area contributed by atoms with Crippen LogP contribution in [0.3, 0.4) is 0 Å². The molecular weight excluding hydrogens is 893 g/mol. The number of fused-ring (bicyclic) bond motifs is 4. The summed E-state index contributed by atoms with van der Waals surface area (Å²) in [5.41, 5.74) is 1.48. The van der Waals surface area contributed by atoms with Gasteiger partial charge in [-0.1, -0.05) is 86.7 Å². The van der Waals surface area contributed by atoms with E-state index < -0.39 is 0 Å². The molecule has 0 spiro atoms. The van der Waals surface area contributed by atoms with Crippen molar-refractivity contribution in [2.45, 2.75) is 292 Å². The van der Waals surface area contributed by atoms with Crippen LogP contribution in [0.5, 0.6) is 0 Å². The Hall–Kier alpha value is -1.58. The Labute approximate surface area is 438 Å². The Balaban J connectivity index is 0.000000111. The van der Waals surface area contributed by atoms with Crippen molar-refractivity contribution in [3.63, 3.8) is 0 Å². The maximum Gasteiger partial charge on any atom is 0.0844 e. The minimum Gasteiger partial charge on any atom is -0.412 e. The molecule has 0 aromatic heterocycles. The van der Waals surface area contributed by atoms with Crippen molar-refractivity contribution < 1.29 is 34.6 Å². The number of ether oxygens (including phenoxy) is 4. The SMILES string of the molecule is C1=CCC(CC2CC=CCC2)CC1.C1CC2OC2CC1CC1CCC2OC2C1.C1CCC(CC2CCC3OC3C2)CC1.O.OC1CCC(CC2CCC(O)CC2)CC1.c1ccc(CC2CCC3OC3C2)cc1. The molecule has 0 amide bonds. The third-order valence-electron chi connectivity index (χ3n) is 20.6. The Kier molecular flexibility index (Phi) is 21.6. The zero-order valence-electron chi connectivity index (χ0n) is 45.1. The van der Waals surface area contributed by atoms with Crippen LogP contribution in [0.2, 0.25) is 0 Å². The van der Waals surface area contributed by atoms with Crippen LogP contribution < -0.4 is 0 Å². The molecule has 4 N–H and O–H groups in total. The molecular formula is C65H104O7. The van der Waals surface area contributed by atoms with Crippen molar-refractivity contribution >= 4 is 0 Å². The highest BCUT2D eigenvalue weighted by Crippen LogP contribution is 2.47. The van der Waals surface area contributed by atoms with Gasteiger partial charge in [0.25, 0.3) is 0 Å².